The maximum atomic E-state index is 11.8. The lowest BCUT2D eigenvalue weighted by atomic mass is 10.0. The second-order valence-corrected chi connectivity index (χ2v) is 8.16. The zero-order valence-electron chi connectivity index (χ0n) is 12.0. The Kier molecular flexibility index (Phi) is 4.77. The van der Waals surface area contributed by atoms with E-state index in [4.69, 9.17) is 16.3 Å². The van der Waals surface area contributed by atoms with E-state index in [-0.39, 0.29) is 17.1 Å². The van der Waals surface area contributed by atoms with E-state index in [2.05, 4.69) is 5.32 Å². The fourth-order valence-electron chi connectivity index (χ4n) is 2.31. The standard InChI is InChI=1S/C14H16ClNO5S/c1-14(5-6-22(19,20)9-14)16-12(17)8-21-13(18)10-3-2-4-11(15)7-10/h2-4,7H,5-6,8-9H2,1H3,(H,16,17)/t14-/m0/s1. The lowest BCUT2D eigenvalue weighted by Crippen LogP contribution is -2.48. The molecule has 0 spiro atoms. The van der Waals surface area contributed by atoms with Crippen LogP contribution in [-0.2, 0) is 19.4 Å². The average Bonchev–Trinajstić information content (AvgIpc) is 2.69. The SMILES string of the molecule is C[C@]1(NC(=O)COC(=O)c2cccc(Cl)c2)CCS(=O)(=O)C1. The summed E-state index contributed by atoms with van der Waals surface area (Å²) < 4.78 is 27.8. The van der Waals surface area contributed by atoms with Crippen molar-refractivity contribution in [1.29, 1.82) is 0 Å². The van der Waals surface area contributed by atoms with Crippen molar-refractivity contribution in [3.63, 3.8) is 0 Å². The number of carbonyl (C=O) groups excluding carboxylic acids is 2. The van der Waals surface area contributed by atoms with Crippen molar-refractivity contribution in [1.82, 2.24) is 5.32 Å². The van der Waals surface area contributed by atoms with Gasteiger partial charge in [0.25, 0.3) is 5.91 Å². The van der Waals surface area contributed by atoms with Crippen molar-refractivity contribution in [2.45, 2.75) is 18.9 Å². The number of esters is 1. The van der Waals surface area contributed by atoms with E-state index in [0.717, 1.165) is 0 Å². The molecule has 1 heterocycles. The molecule has 2 rings (SSSR count). The van der Waals surface area contributed by atoms with Gasteiger partial charge in [0.05, 0.1) is 22.6 Å². The minimum atomic E-state index is -3.12. The number of benzene rings is 1. The van der Waals surface area contributed by atoms with Gasteiger partial charge in [0.1, 0.15) is 0 Å². The highest BCUT2D eigenvalue weighted by Crippen LogP contribution is 2.22. The number of amides is 1. The summed E-state index contributed by atoms with van der Waals surface area (Å²) in [6.07, 6.45) is 0.351. The van der Waals surface area contributed by atoms with Gasteiger partial charge in [-0.2, -0.15) is 0 Å². The van der Waals surface area contributed by atoms with Crippen LogP contribution in [0.3, 0.4) is 0 Å². The molecular weight excluding hydrogens is 330 g/mol. The van der Waals surface area contributed by atoms with Gasteiger partial charge in [0.2, 0.25) is 0 Å². The fraction of sp³-hybridized carbons (Fsp3) is 0.429. The molecule has 1 amide bonds. The number of carbonyl (C=O) groups is 2. The lowest BCUT2D eigenvalue weighted by Gasteiger charge is -2.23. The topological polar surface area (TPSA) is 89.5 Å². The van der Waals surface area contributed by atoms with Gasteiger partial charge in [-0.15, -0.1) is 0 Å². The van der Waals surface area contributed by atoms with Gasteiger partial charge in [-0.25, -0.2) is 13.2 Å². The maximum Gasteiger partial charge on any atom is 0.338 e. The van der Waals surface area contributed by atoms with Gasteiger partial charge < -0.3 is 10.1 Å². The van der Waals surface area contributed by atoms with Crippen LogP contribution in [0.5, 0.6) is 0 Å². The normalized spacial score (nSPS) is 23.0. The minimum Gasteiger partial charge on any atom is -0.452 e. The van der Waals surface area contributed by atoms with Crippen LogP contribution in [0.15, 0.2) is 24.3 Å². The first-order valence-corrected chi connectivity index (χ1v) is 8.83. The monoisotopic (exact) mass is 345 g/mol. The molecule has 0 unspecified atom stereocenters. The van der Waals surface area contributed by atoms with Crippen molar-refractivity contribution in [3.8, 4) is 0 Å². The molecule has 1 aromatic carbocycles. The first-order chi connectivity index (χ1) is 10.2. The summed E-state index contributed by atoms with van der Waals surface area (Å²) in [5, 5.41) is 3.00. The Labute approximate surface area is 133 Å². The fourth-order valence-corrected chi connectivity index (χ4v) is 4.60. The molecule has 1 N–H and O–H groups in total. The summed E-state index contributed by atoms with van der Waals surface area (Å²) in [4.78, 5) is 23.6. The molecule has 1 aromatic rings. The smallest absolute Gasteiger partial charge is 0.338 e. The average molecular weight is 346 g/mol. The summed E-state index contributed by atoms with van der Waals surface area (Å²) >= 11 is 5.77. The summed E-state index contributed by atoms with van der Waals surface area (Å²) in [5.74, 6) is -1.25. The number of ether oxygens (including phenoxy) is 1. The summed E-state index contributed by atoms with van der Waals surface area (Å²) in [5.41, 5.74) is -0.562. The molecular formula is C14H16ClNO5S. The molecule has 120 valence electrons. The van der Waals surface area contributed by atoms with Crippen LogP contribution in [0.1, 0.15) is 23.7 Å². The third kappa shape index (κ3) is 4.45. The molecule has 1 saturated heterocycles. The summed E-state index contributed by atoms with van der Waals surface area (Å²) in [7, 11) is -3.12. The first-order valence-electron chi connectivity index (χ1n) is 6.63. The van der Waals surface area contributed by atoms with E-state index >= 15 is 0 Å². The highest BCUT2D eigenvalue weighted by molar-refractivity contribution is 7.91. The maximum absolute atomic E-state index is 11.8. The minimum absolute atomic E-state index is 0.0477. The Morgan fingerprint density at radius 1 is 1.41 bits per heavy atom. The molecule has 0 bridgehead atoms. The quantitative estimate of drug-likeness (QED) is 0.828. The third-order valence-electron chi connectivity index (χ3n) is 3.34. The first kappa shape index (κ1) is 16.8. The molecule has 1 aliphatic heterocycles. The summed E-state index contributed by atoms with van der Waals surface area (Å²) in [6, 6.07) is 6.18. The van der Waals surface area contributed by atoms with Gasteiger partial charge in [-0.1, -0.05) is 17.7 Å². The highest BCUT2D eigenvalue weighted by Gasteiger charge is 2.39. The number of hydrogen-bond acceptors (Lipinski definition) is 5. The van der Waals surface area contributed by atoms with Gasteiger partial charge in [0, 0.05) is 5.02 Å². The Balaban J connectivity index is 1.87. The van der Waals surface area contributed by atoms with Crippen LogP contribution < -0.4 is 5.32 Å². The molecule has 0 aliphatic carbocycles. The van der Waals surface area contributed by atoms with Crippen molar-refractivity contribution < 1.29 is 22.7 Å². The molecule has 0 radical (unpaired) electrons. The molecule has 22 heavy (non-hydrogen) atoms. The van der Waals surface area contributed by atoms with Gasteiger partial charge in [0.15, 0.2) is 16.4 Å². The highest BCUT2D eigenvalue weighted by atomic mass is 35.5. The molecule has 1 atom stereocenters. The molecule has 1 aliphatic rings. The van der Waals surface area contributed by atoms with Gasteiger partial charge in [-0.3, -0.25) is 4.79 Å². The lowest BCUT2D eigenvalue weighted by molar-refractivity contribution is -0.125. The zero-order valence-corrected chi connectivity index (χ0v) is 13.5. The number of sulfone groups is 1. The van der Waals surface area contributed by atoms with Crippen LogP contribution >= 0.6 is 11.6 Å². The largest absolute Gasteiger partial charge is 0.452 e. The van der Waals surface area contributed by atoms with E-state index in [1.54, 1.807) is 19.1 Å². The van der Waals surface area contributed by atoms with Crippen molar-refractivity contribution in [2.75, 3.05) is 18.1 Å². The predicted molar refractivity (Wildman–Crippen MR) is 81.6 cm³/mol. The second kappa shape index (κ2) is 6.26. The Bertz CT molecular complexity index is 703. The summed E-state index contributed by atoms with van der Waals surface area (Å²) in [6.45, 7) is 1.19. The van der Waals surface area contributed by atoms with Crippen molar-refractivity contribution in [2.24, 2.45) is 0 Å². The van der Waals surface area contributed by atoms with Crippen LogP contribution in [0.2, 0.25) is 5.02 Å². The predicted octanol–water partition coefficient (Wildman–Crippen LogP) is 1.19. The van der Waals surface area contributed by atoms with Crippen molar-refractivity contribution >= 4 is 33.3 Å². The third-order valence-corrected chi connectivity index (χ3v) is 5.48. The molecule has 1 fully saturated rings. The van der Waals surface area contributed by atoms with Gasteiger partial charge in [-0.05, 0) is 31.5 Å². The number of halogens is 1. The number of nitrogens with one attached hydrogen (secondary N) is 1. The zero-order chi connectivity index (χ0) is 16.4. The van der Waals surface area contributed by atoms with E-state index in [0.29, 0.717) is 11.4 Å². The Morgan fingerprint density at radius 3 is 2.73 bits per heavy atom. The Hall–Kier alpha value is -1.60. The van der Waals surface area contributed by atoms with Crippen LogP contribution in [0.25, 0.3) is 0 Å². The van der Waals surface area contributed by atoms with Crippen molar-refractivity contribution in [3.05, 3.63) is 34.9 Å². The Morgan fingerprint density at radius 2 is 2.14 bits per heavy atom. The second-order valence-electron chi connectivity index (χ2n) is 5.54. The number of hydrogen-bond donors (Lipinski definition) is 1. The van der Waals surface area contributed by atoms with Crippen LogP contribution in [-0.4, -0.2) is 43.9 Å². The van der Waals surface area contributed by atoms with Crippen LogP contribution in [0.4, 0.5) is 0 Å². The van der Waals surface area contributed by atoms with E-state index in [1.165, 1.54) is 12.1 Å². The molecule has 8 heteroatoms. The van der Waals surface area contributed by atoms with E-state index in [9.17, 15) is 18.0 Å². The van der Waals surface area contributed by atoms with Gasteiger partial charge >= 0.3 is 5.97 Å². The van der Waals surface area contributed by atoms with Crippen LogP contribution in [0, 0.1) is 0 Å². The van der Waals surface area contributed by atoms with E-state index in [1.807, 2.05) is 0 Å². The number of rotatable bonds is 4. The molecule has 6 nitrogen and oxygen atoms in total. The molecule has 0 aromatic heterocycles. The van der Waals surface area contributed by atoms with E-state index < -0.39 is 33.9 Å². The molecule has 0 saturated carbocycles.